The monoisotopic (exact) mass is 232 g/mol. The van der Waals surface area contributed by atoms with Crippen molar-refractivity contribution >= 4 is 0 Å². The second kappa shape index (κ2) is 6.23. The molecule has 1 atom stereocenters. The third kappa shape index (κ3) is 2.91. The normalized spacial score (nSPS) is 18.0. The molecule has 0 amide bonds. The number of benzene rings is 1. The summed E-state index contributed by atoms with van der Waals surface area (Å²) in [4.78, 5) is 0. The molecule has 0 saturated heterocycles. The third-order valence-electron chi connectivity index (χ3n) is 3.78. The second-order valence-electron chi connectivity index (χ2n) is 5.46. The summed E-state index contributed by atoms with van der Waals surface area (Å²) in [5.41, 5.74) is 4.87. The van der Waals surface area contributed by atoms with E-state index >= 15 is 0 Å². The summed E-state index contributed by atoms with van der Waals surface area (Å²) in [5, 5.41) is 0. The van der Waals surface area contributed by atoms with E-state index in [4.69, 9.17) is 0 Å². The summed E-state index contributed by atoms with van der Waals surface area (Å²) >= 11 is 0. The van der Waals surface area contributed by atoms with E-state index < -0.39 is 0 Å². The fraction of sp³-hybridized carbons (Fsp3) is 0.647. The highest BCUT2D eigenvalue weighted by atomic mass is 14.3. The molecule has 0 saturated carbocycles. The van der Waals surface area contributed by atoms with Crippen LogP contribution in [0, 0.1) is 5.92 Å². The highest BCUT2D eigenvalue weighted by Gasteiger charge is 2.26. The van der Waals surface area contributed by atoms with Crippen molar-refractivity contribution in [2.45, 2.75) is 66.2 Å². The van der Waals surface area contributed by atoms with Crippen LogP contribution in [0.1, 0.15) is 76.5 Å². The lowest BCUT2D eigenvalue weighted by Crippen LogP contribution is -2.02. The van der Waals surface area contributed by atoms with Crippen molar-refractivity contribution in [3.63, 3.8) is 0 Å². The molecule has 0 fully saturated rings. The Balaban J connectivity index is 0.000000686. The molecule has 0 bridgehead atoms. The Bertz CT molecular complexity index is 347. The maximum atomic E-state index is 2.35. The Morgan fingerprint density at radius 3 is 2.24 bits per heavy atom. The molecule has 1 unspecified atom stereocenters. The van der Waals surface area contributed by atoms with Gasteiger partial charge in [-0.2, -0.15) is 0 Å². The Morgan fingerprint density at radius 2 is 1.71 bits per heavy atom. The Labute approximate surface area is 107 Å². The zero-order valence-corrected chi connectivity index (χ0v) is 12.4. The van der Waals surface area contributed by atoms with Crippen molar-refractivity contribution < 1.29 is 0 Å². The molecule has 0 heteroatoms. The number of hydrogen-bond donors (Lipinski definition) is 0. The summed E-state index contributed by atoms with van der Waals surface area (Å²) in [6.07, 6.45) is 2.66. The fourth-order valence-corrected chi connectivity index (χ4v) is 2.95. The van der Waals surface area contributed by atoms with Crippen LogP contribution in [0.5, 0.6) is 0 Å². The first-order chi connectivity index (χ1) is 8.11. The van der Waals surface area contributed by atoms with Crippen LogP contribution in [-0.2, 0) is 6.42 Å². The van der Waals surface area contributed by atoms with Gasteiger partial charge in [0.25, 0.3) is 0 Å². The minimum atomic E-state index is 0.672. The first kappa shape index (κ1) is 14.3. The SMILES string of the molecule is CC.CC(C)c1cccc2c1CCC2C(C)C. The molecule has 96 valence electrons. The average Bonchev–Trinajstić information content (AvgIpc) is 2.74. The molecule has 0 radical (unpaired) electrons. The van der Waals surface area contributed by atoms with Gasteiger partial charge in [0.1, 0.15) is 0 Å². The van der Waals surface area contributed by atoms with Crippen LogP contribution in [0.25, 0.3) is 0 Å². The van der Waals surface area contributed by atoms with E-state index in [0.717, 1.165) is 11.8 Å². The zero-order chi connectivity index (χ0) is 13.0. The van der Waals surface area contributed by atoms with Gasteiger partial charge in [0, 0.05) is 0 Å². The van der Waals surface area contributed by atoms with Crippen LogP contribution >= 0.6 is 0 Å². The van der Waals surface area contributed by atoms with Gasteiger partial charge in [-0.3, -0.25) is 0 Å². The molecular weight excluding hydrogens is 204 g/mol. The standard InChI is InChI=1S/C15H22.C2H6/c1-10(2)12-6-5-7-14-13(11(3)4)8-9-15(12)14;1-2/h5-7,10-11,13H,8-9H2,1-4H3;1-2H3. The van der Waals surface area contributed by atoms with Gasteiger partial charge in [0.15, 0.2) is 0 Å². The molecule has 0 heterocycles. The number of rotatable bonds is 2. The van der Waals surface area contributed by atoms with Gasteiger partial charge < -0.3 is 0 Å². The first-order valence-electron chi connectivity index (χ1n) is 7.23. The van der Waals surface area contributed by atoms with E-state index in [9.17, 15) is 0 Å². The maximum Gasteiger partial charge on any atom is -0.0133 e. The Morgan fingerprint density at radius 1 is 1.06 bits per heavy atom. The molecule has 0 aromatic heterocycles. The number of hydrogen-bond acceptors (Lipinski definition) is 0. The van der Waals surface area contributed by atoms with Gasteiger partial charge in [-0.1, -0.05) is 59.7 Å². The zero-order valence-electron chi connectivity index (χ0n) is 12.4. The average molecular weight is 232 g/mol. The Hall–Kier alpha value is -0.780. The summed E-state index contributed by atoms with van der Waals surface area (Å²) in [7, 11) is 0. The van der Waals surface area contributed by atoms with Crippen LogP contribution in [0.2, 0.25) is 0 Å². The molecule has 1 aromatic rings. The lowest BCUT2D eigenvalue weighted by atomic mass is 9.88. The molecule has 1 aliphatic rings. The highest BCUT2D eigenvalue weighted by Crippen LogP contribution is 2.41. The maximum absolute atomic E-state index is 2.35. The van der Waals surface area contributed by atoms with E-state index in [0.29, 0.717) is 5.92 Å². The molecule has 0 aliphatic heterocycles. The Kier molecular flexibility index (Phi) is 5.24. The van der Waals surface area contributed by atoms with Crippen LogP contribution in [0.3, 0.4) is 0 Å². The molecule has 1 aliphatic carbocycles. The van der Waals surface area contributed by atoms with E-state index in [2.05, 4.69) is 45.9 Å². The minimum absolute atomic E-state index is 0.672. The molecule has 17 heavy (non-hydrogen) atoms. The highest BCUT2D eigenvalue weighted by molar-refractivity contribution is 5.42. The predicted octanol–water partition coefficient (Wildman–Crippen LogP) is 5.52. The lowest BCUT2D eigenvalue weighted by Gasteiger charge is -2.17. The molecule has 2 rings (SSSR count). The predicted molar refractivity (Wildman–Crippen MR) is 77.8 cm³/mol. The van der Waals surface area contributed by atoms with E-state index in [1.165, 1.54) is 12.8 Å². The van der Waals surface area contributed by atoms with Gasteiger partial charge >= 0.3 is 0 Å². The smallest absolute Gasteiger partial charge is 0.0133 e. The van der Waals surface area contributed by atoms with Crippen LogP contribution in [0.15, 0.2) is 18.2 Å². The summed E-state index contributed by atoms with van der Waals surface area (Å²) < 4.78 is 0. The van der Waals surface area contributed by atoms with Gasteiger partial charge in [0.05, 0.1) is 0 Å². The molecule has 0 nitrogen and oxygen atoms in total. The van der Waals surface area contributed by atoms with Crippen molar-refractivity contribution in [3.05, 3.63) is 34.9 Å². The van der Waals surface area contributed by atoms with Crippen molar-refractivity contribution in [1.82, 2.24) is 0 Å². The second-order valence-corrected chi connectivity index (χ2v) is 5.46. The summed E-state index contributed by atoms with van der Waals surface area (Å²) in [6.45, 7) is 13.3. The largest absolute Gasteiger partial charge is 0.0683 e. The van der Waals surface area contributed by atoms with Crippen molar-refractivity contribution in [3.8, 4) is 0 Å². The molecule has 0 spiro atoms. The van der Waals surface area contributed by atoms with Gasteiger partial charge in [-0.15, -0.1) is 0 Å². The van der Waals surface area contributed by atoms with Gasteiger partial charge in [-0.25, -0.2) is 0 Å². The van der Waals surface area contributed by atoms with Gasteiger partial charge in [0.2, 0.25) is 0 Å². The minimum Gasteiger partial charge on any atom is -0.0683 e. The number of fused-ring (bicyclic) bond motifs is 1. The first-order valence-corrected chi connectivity index (χ1v) is 7.23. The van der Waals surface area contributed by atoms with E-state index in [1.54, 1.807) is 16.7 Å². The van der Waals surface area contributed by atoms with E-state index in [1.807, 2.05) is 13.8 Å². The van der Waals surface area contributed by atoms with Crippen molar-refractivity contribution in [2.75, 3.05) is 0 Å². The molecule has 0 N–H and O–H groups in total. The van der Waals surface area contributed by atoms with Crippen molar-refractivity contribution in [2.24, 2.45) is 5.92 Å². The lowest BCUT2D eigenvalue weighted by molar-refractivity contribution is 0.496. The van der Waals surface area contributed by atoms with Gasteiger partial charge in [-0.05, 0) is 47.3 Å². The van der Waals surface area contributed by atoms with Crippen LogP contribution in [0.4, 0.5) is 0 Å². The summed E-state index contributed by atoms with van der Waals surface area (Å²) in [6, 6.07) is 6.90. The molecular formula is C17H28. The van der Waals surface area contributed by atoms with E-state index in [-0.39, 0.29) is 0 Å². The topological polar surface area (TPSA) is 0 Å². The third-order valence-corrected chi connectivity index (χ3v) is 3.78. The van der Waals surface area contributed by atoms with Crippen molar-refractivity contribution in [1.29, 1.82) is 0 Å². The van der Waals surface area contributed by atoms with Crippen LogP contribution in [-0.4, -0.2) is 0 Å². The van der Waals surface area contributed by atoms with Crippen LogP contribution < -0.4 is 0 Å². The fourth-order valence-electron chi connectivity index (χ4n) is 2.95. The molecule has 1 aromatic carbocycles. The quantitative estimate of drug-likeness (QED) is 0.629. The summed E-state index contributed by atoms with van der Waals surface area (Å²) in [5.74, 6) is 2.26.